The first-order valence-corrected chi connectivity index (χ1v) is 8.16. The van der Waals surface area contributed by atoms with E-state index in [9.17, 15) is 0 Å². The summed E-state index contributed by atoms with van der Waals surface area (Å²) in [5.74, 6) is 1.85. The molecular weight excluding hydrogens is 407 g/mol. The maximum Gasteiger partial charge on any atom is 0.191 e. The lowest BCUT2D eigenvalue weighted by molar-refractivity contribution is 0.146. The Morgan fingerprint density at radius 2 is 2.17 bits per heavy atom. The summed E-state index contributed by atoms with van der Waals surface area (Å²) < 4.78 is 7.39. The molecule has 0 spiro atoms. The first-order chi connectivity index (χ1) is 10.7. The molecule has 1 aromatic rings. The Morgan fingerprint density at radius 1 is 1.39 bits per heavy atom. The van der Waals surface area contributed by atoms with Crippen molar-refractivity contribution in [3.63, 3.8) is 0 Å². The molecule has 0 radical (unpaired) electrons. The van der Waals surface area contributed by atoms with Gasteiger partial charge in [-0.2, -0.15) is 0 Å². The molecule has 0 amide bonds. The summed E-state index contributed by atoms with van der Waals surface area (Å²) in [5.41, 5.74) is 0. The van der Waals surface area contributed by atoms with E-state index in [0.717, 1.165) is 57.5 Å². The lowest BCUT2D eigenvalue weighted by Gasteiger charge is -2.15. The molecular formula is C15H31IN6O. The number of hydrogen-bond donors (Lipinski definition) is 2. The number of aryl methyl sites for hydroxylation is 1. The molecule has 0 atom stereocenters. The number of guanidine groups is 1. The van der Waals surface area contributed by atoms with Crippen LogP contribution in [0.3, 0.4) is 0 Å². The van der Waals surface area contributed by atoms with Crippen molar-refractivity contribution in [2.24, 2.45) is 4.99 Å². The number of halogens is 1. The average molecular weight is 438 g/mol. The van der Waals surface area contributed by atoms with Crippen LogP contribution in [0.4, 0.5) is 0 Å². The first-order valence-electron chi connectivity index (χ1n) is 8.16. The SMILES string of the molecule is CCOCCCN=C(NCCn1cnnc1CC)NC(C)C.I. The number of aromatic nitrogens is 3. The van der Waals surface area contributed by atoms with Crippen molar-refractivity contribution in [2.45, 2.75) is 53.1 Å². The van der Waals surface area contributed by atoms with Gasteiger partial charge in [-0.05, 0) is 27.2 Å². The molecule has 0 aliphatic heterocycles. The Kier molecular flexibility index (Phi) is 13.0. The molecule has 23 heavy (non-hydrogen) atoms. The second-order valence-electron chi connectivity index (χ2n) is 5.30. The zero-order chi connectivity index (χ0) is 16.2. The fourth-order valence-electron chi connectivity index (χ4n) is 1.96. The first kappa shape index (κ1) is 22.1. The van der Waals surface area contributed by atoms with Crippen LogP contribution in [0.1, 0.15) is 39.9 Å². The predicted octanol–water partition coefficient (Wildman–Crippen LogP) is 1.83. The van der Waals surface area contributed by atoms with E-state index in [1.807, 2.05) is 6.92 Å². The molecule has 0 aliphatic carbocycles. The fraction of sp³-hybridized carbons (Fsp3) is 0.800. The van der Waals surface area contributed by atoms with Crippen molar-refractivity contribution in [1.82, 2.24) is 25.4 Å². The molecule has 8 heteroatoms. The zero-order valence-corrected chi connectivity index (χ0v) is 17.0. The zero-order valence-electron chi connectivity index (χ0n) is 14.7. The number of ether oxygens (including phenoxy) is 1. The van der Waals surface area contributed by atoms with Gasteiger partial charge in [0.25, 0.3) is 0 Å². The Morgan fingerprint density at radius 3 is 2.83 bits per heavy atom. The predicted molar refractivity (Wildman–Crippen MR) is 105 cm³/mol. The summed E-state index contributed by atoms with van der Waals surface area (Å²) in [7, 11) is 0. The van der Waals surface area contributed by atoms with Crippen LogP contribution in [0.2, 0.25) is 0 Å². The summed E-state index contributed by atoms with van der Waals surface area (Å²) in [6, 6.07) is 0.347. The molecule has 1 aromatic heterocycles. The van der Waals surface area contributed by atoms with E-state index < -0.39 is 0 Å². The standard InChI is InChI=1S/C15H30N6O.HI/c1-5-14-20-18-12-21(14)10-9-17-15(19-13(3)4)16-8-7-11-22-6-2;/h12-13H,5-11H2,1-4H3,(H2,16,17,19);1H. The van der Waals surface area contributed by atoms with Gasteiger partial charge >= 0.3 is 0 Å². The number of aliphatic imine (C=N–C) groups is 1. The van der Waals surface area contributed by atoms with Gasteiger partial charge in [0.05, 0.1) is 0 Å². The minimum absolute atomic E-state index is 0. The maximum atomic E-state index is 5.32. The highest BCUT2D eigenvalue weighted by atomic mass is 127. The van der Waals surface area contributed by atoms with Crippen LogP contribution in [0.15, 0.2) is 11.3 Å². The van der Waals surface area contributed by atoms with Crippen molar-refractivity contribution < 1.29 is 4.74 Å². The van der Waals surface area contributed by atoms with Crippen molar-refractivity contribution in [3.8, 4) is 0 Å². The monoisotopic (exact) mass is 438 g/mol. The number of nitrogens with one attached hydrogen (secondary N) is 2. The highest BCUT2D eigenvalue weighted by Crippen LogP contribution is 1.94. The molecule has 134 valence electrons. The third kappa shape index (κ3) is 9.75. The van der Waals surface area contributed by atoms with Gasteiger partial charge in [-0.25, -0.2) is 0 Å². The molecule has 0 saturated carbocycles. The second kappa shape index (κ2) is 13.5. The minimum atomic E-state index is 0. The topological polar surface area (TPSA) is 76.4 Å². The van der Waals surface area contributed by atoms with E-state index >= 15 is 0 Å². The van der Waals surface area contributed by atoms with Gasteiger partial charge in [-0.15, -0.1) is 34.2 Å². The van der Waals surface area contributed by atoms with Crippen molar-refractivity contribution >= 4 is 29.9 Å². The van der Waals surface area contributed by atoms with E-state index in [4.69, 9.17) is 4.74 Å². The molecule has 0 bridgehead atoms. The Labute approximate surface area is 156 Å². The van der Waals surface area contributed by atoms with E-state index in [0.29, 0.717) is 6.04 Å². The molecule has 2 N–H and O–H groups in total. The smallest absolute Gasteiger partial charge is 0.191 e. The van der Waals surface area contributed by atoms with Crippen LogP contribution in [-0.2, 0) is 17.7 Å². The molecule has 0 fully saturated rings. The van der Waals surface area contributed by atoms with Gasteiger partial charge in [0, 0.05) is 45.3 Å². The maximum absolute atomic E-state index is 5.32. The van der Waals surface area contributed by atoms with Gasteiger partial charge in [0.2, 0.25) is 0 Å². The van der Waals surface area contributed by atoms with Gasteiger partial charge < -0.3 is 19.9 Å². The van der Waals surface area contributed by atoms with Gasteiger partial charge in [0.15, 0.2) is 5.96 Å². The third-order valence-electron chi connectivity index (χ3n) is 3.00. The van der Waals surface area contributed by atoms with Gasteiger partial charge in [-0.1, -0.05) is 6.92 Å². The van der Waals surface area contributed by atoms with E-state index in [1.54, 1.807) is 6.33 Å². The summed E-state index contributed by atoms with van der Waals surface area (Å²) in [5, 5.41) is 14.7. The summed E-state index contributed by atoms with van der Waals surface area (Å²) in [6.45, 7) is 12.2. The molecule has 0 aromatic carbocycles. The van der Waals surface area contributed by atoms with Crippen LogP contribution in [0.5, 0.6) is 0 Å². The van der Waals surface area contributed by atoms with Gasteiger partial charge in [0.1, 0.15) is 12.2 Å². The second-order valence-corrected chi connectivity index (χ2v) is 5.30. The van der Waals surface area contributed by atoms with Crippen LogP contribution < -0.4 is 10.6 Å². The third-order valence-corrected chi connectivity index (χ3v) is 3.00. The van der Waals surface area contributed by atoms with Crippen molar-refractivity contribution in [3.05, 3.63) is 12.2 Å². The minimum Gasteiger partial charge on any atom is -0.382 e. The number of nitrogens with zero attached hydrogens (tertiary/aromatic N) is 4. The normalized spacial score (nSPS) is 11.4. The molecule has 0 aliphatic rings. The summed E-state index contributed by atoms with van der Waals surface area (Å²) >= 11 is 0. The molecule has 1 rings (SSSR count). The lowest BCUT2D eigenvalue weighted by Crippen LogP contribution is -2.42. The molecule has 0 saturated heterocycles. The Balaban J connectivity index is 0.00000484. The summed E-state index contributed by atoms with van der Waals surface area (Å²) in [4.78, 5) is 4.57. The average Bonchev–Trinajstić information content (AvgIpc) is 2.93. The highest BCUT2D eigenvalue weighted by molar-refractivity contribution is 14.0. The molecule has 7 nitrogen and oxygen atoms in total. The Bertz CT molecular complexity index is 435. The van der Waals surface area contributed by atoms with Crippen LogP contribution in [0.25, 0.3) is 0 Å². The van der Waals surface area contributed by atoms with Crippen LogP contribution in [-0.4, -0.2) is 53.1 Å². The van der Waals surface area contributed by atoms with Crippen LogP contribution >= 0.6 is 24.0 Å². The number of rotatable bonds is 10. The van der Waals surface area contributed by atoms with Crippen molar-refractivity contribution in [1.29, 1.82) is 0 Å². The quantitative estimate of drug-likeness (QED) is 0.252. The Hall–Kier alpha value is -0.900. The number of hydrogen-bond acceptors (Lipinski definition) is 4. The molecule has 0 unspecified atom stereocenters. The molecule has 1 heterocycles. The van der Waals surface area contributed by atoms with Crippen LogP contribution in [0, 0.1) is 0 Å². The fourth-order valence-corrected chi connectivity index (χ4v) is 1.96. The summed E-state index contributed by atoms with van der Waals surface area (Å²) in [6.07, 6.45) is 3.60. The van der Waals surface area contributed by atoms with E-state index in [1.165, 1.54) is 0 Å². The largest absolute Gasteiger partial charge is 0.382 e. The lowest BCUT2D eigenvalue weighted by atomic mass is 10.4. The highest BCUT2D eigenvalue weighted by Gasteiger charge is 2.03. The van der Waals surface area contributed by atoms with Gasteiger partial charge in [-0.3, -0.25) is 4.99 Å². The van der Waals surface area contributed by atoms with E-state index in [2.05, 4.69) is 51.2 Å². The van der Waals surface area contributed by atoms with E-state index in [-0.39, 0.29) is 24.0 Å². The van der Waals surface area contributed by atoms with Crippen molar-refractivity contribution in [2.75, 3.05) is 26.3 Å².